The van der Waals surface area contributed by atoms with Gasteiger partial charge in [0.15, 0.2) is 11.9 Å². The van der Waals surface area contributed by atoms with Crippen LogP contribution in [0.15, 0.2) is 73.0 Å². The average Bonchev–Trinajstić information content (AvgIpc) is 3.12. The number of nitrogens with zero attached hydrogens (tertiary/aromatic N) is 3. The van der Waals surface area contributed by atoms with Gasteiger partial charge in [0.05, 0.1) is 56.8 Å². The van der Waals surface area contributed by atoms with Crippen LogP contribution in [-0.4, -0.2) is 79.4 Å². The fraction of sp³-hybridized carbons (Fsp3) is 0.324. The van der Waals surface area contributed by atoms with Gasteiger partial charge in [-0.2, -0.15) is 26.3 Å². The minimum Gasteiger partial charge on any atom is -0.370 e. The van der Waals surface area contributed by atoms with E-state index >= 15 is 0 Å². The second kappa shape index (κ2) is 23.0. The van der Waals surface area contributed by atoms with Gasteiger partial charge >= 0.3 is 12.4 Å². The summed E-state index contributed by atoms with van der Waals surface area (Å²) in [6.45, 7) is 4.72. The Bertz CT molecular complexity index is 2000. The van der Waals surface area contributed by atoms with Crippen LogP contribution in [0.5, 0.6) is 0 Å². The van der Waals surface area contributed by atoms with Crippen molar-refractivity contribution in [2.45, 2.75) is 41.9 Å². The Kier molecular flexibility index (Phi) is 19.2. The summed E-state index contributed by atoms with van der Waals surface area (Å²) in [5.41, 5.74) is 27.2. The van der Waals surface area contributed by atoms with E-state index in [4.69, 9.17) is 34.4 Å². The zero-order valence-electron chi connectivity index (χ0n) is 31.4. The van der Waals surface area contributed by atoms with Crippen molar-refractivity contribution in [2.24, 2.45) is 49.4 Å². The van der Waals surface area contributed by atoms with Gasteiger partial charge in [-0.15, -0.1) is 23.5 Å². The van der Waals surface area contributed by atoms with Gasteiger partial charge in [0.2, 0.25) is 11.8 Å². The number of amides is 4. The Labute approximate surface area is 342 Å². The normalized spacial score (nSPS) is 11.8. The molecule has 4 amide bonds. The number of halogens is 6. The topological polar surface area (TPSA) is 310 Å². The number of nitrogens with one attached hydrogen (secondary N) is 4. The third kappa shape index (κ3) is 16.5. The summed E-state index contributed by atoms with van der Waals surface area (Å²) in [4.78, 5) is 63.6. The number of rotatable bonds is 20. The standard InChI is InChI=1S/C34H43F6N13O4S2/c1-3-47-24(30(57)53-23-16-19(34(38,39)40)14-21(28(23)59-11-7-42)51-26(55)5-9-49-32(45)46)12-17(2)29(56)52-22-15-18(33(35,36)37)13-20(27(22)58-10-6-41)50-25(54)4-8-48-31(43)44/h3,12-16H,2,4-11,41-42H2,1H3,(H,50,54)(H,51,55)(H,52,56)(H,53,57)(H4,43,44,48)(H4,45,46,49)/b24-12-,47-3?. The molecule has 25 heteroatoms. The summed E-state index contributed by atoms with van der Waals surface area (Å²) in [5, 5.41) is 9.37. The van der Waals surface area contributed by atoms with Gasteiger partial charge in [-0.05, 0) is 37.3 Å². The van der Waals surface area contributed by atoms with Crippen LogP contribution in [0.1, 0.15) is 30.9 Å². The summed E-state index contributed by atoms with van der Waals surface area (Å²) in [5.74, 6) is -4.17. The van der Waals surface area contributed by atoms with Crippen LogP contribution < -0.4 is 55.7 Å². The lowest BCUT2D eigenvalue weighted by molar-refractivity contribution is -0.138. The number of hydrogen-bond donors (Lipinski definition) is 10. The van der Waals surface area contributed by atoms with Crippen LogP contribution in [0.4, 0.5) is 49.1 Å². The van der Waals surface area contributed by atoms with Crippen molar-refractivity contribution < 1.29 is 45.5 Å². The monoisotopic (exact) mass is 875 g/mol. The Balaban J connectivity index is 2.59. The molecule has 0 aromatic heterocycles. The van der Waals surface area contributed by atoms with Gasteiger partial charge in [-0.1, -0.05) is 6.58 Å². The van der Waals surface area contributed by atoms with Crippen LogP contribution >= 0.6 is 23.5 Å². The largest absolute Gasteiger partial charge is 0.416 e. The van der Waals surface area contributed by atoms with Crippen LogP contribution in [0.3, 0.4) is 0 Å². The van der Waals surface area contributed by atoms with Crippen molar-refractivity contribution in [3.8, 4) is 0 Å². The van der Waals surface area contributed by atoms with E-state index in [0.29, 0.717) is 24.3 Å². The molecule has 0 aliphatic heterocycles. The smallest absolute Gasteiger partial charge is 0.370 e. The average molecular weight is 876 g/mol. The highest BCUT2D eigenvalue weighted by molar-refractivity contribution is 7.99. The zero-order valence-corrected chi connectivity index (χ0v) is 33.0. The van der Waals surface area contributed by atoms with Gasteiger partial charge < -0.3 is 55.7 Å². The molecule has 0 spiro atoms. The maximum Gasteiger partial charge on any atom is 0.416 e. The molecule has 0 heterocycles. The van der Waals surface area contributed by atoms with E-state index in [1.807, 2.05) is 0 Å². The molecule has 2 rings (SSSR count). The molecule has 0 bridgehead atoms. The molecule has 322 valence electrons. The van der Waals surface area contributed by atoms with Crippen molar-refractivity contribution in [3.63, 3.8) is 0 Å². The number of nitrogens with two attached hydrogens (primary N) is 6. The lowest BCUT2D eigenvalue weighted by Crippen LogP contribution is -2.24. The van der Waals surface area contributed by atoms with Crippen molar-refractivity contribution in [1.29, 1.82) is 0 Å². The predicted molar refractivity (Wildman–Crippen MR) is 219 cm³/mol. The Morgan fingerprint density at radius 1 is 0.678 bits per heavy atom. The molecule has 0 saturated heterocycles. The number of thioether (sulfide) groups is 2. The fourth-order valence-corrected chi connectivity index (χ4v) is 6.21. The summed E-state index contributed by atoms with van der Waals surface area (Å²) < 4.78 is 84.4. The number of guanidine groups is 2. The van der Waals surface area contributed by atoms with E-state index in [0.717, 1.165) is 35.8 Å². The fourth-order valence-electron chi connectivity index (χ4n) is 4.51. The van der Waals surface area contributed by atoms with E-state index in [9.17, 15) is 45.5 Å². The lowest BCUT2D eigenvalue weighted by Gasteiger charge is -2.20. The number of aliphatic imine (C=N–C) groups is 3. The maximum absolute atomic E-state index is 14.1. The molecule has 0 saturated carbocycles. The summed E-state index contributed by atoms with van der Waals surface area (Å²) in [7, 11) is 0. The molecular formula is C34H43F6N13O4S2. The molecule has 59 heavy (non-hydrogen) atoms. The van der Waals surface area contributed by atoms with Crippen molar-refractivity contribution in [2.75, 3.05) is 59.0 Å². The van der Waals surface area contributed by atoms with E-state index in [2.05, 4.69) is 42.8 Å². The number of alkyl halides is 6. The number of anilines is 4. The highest BCUT2D eigenvalue weighted by atomic mass is 32.2. The SMILES string of the molecule is C=C(/C=C(\N=CC)C(=O)Nc1cc(C(F)(F)F)cc(NC(=O)CCN=C(N)N)c1SCCN)C(=O)Nc1cc(C(F)(F)F)cc(NC(=O)CCN=C(N)N)c1SCCN. The summed E-state index contributed by atoms with van der Waals surface area (Å²) in [6, 6.07) is 2.56. The second-order valence-electron chi connectivity index (χ2n) is 11.6. The van der Waals surface area contributed by atoms with Gasteiger partial charge in [0, 0.05) is 49.2 Å². The summed E-state index contributed by atoms with van der Waals surface area (Å²) >= 11 is 1.82. The first-order valence-electron chi connectivity index (χ1n) is 17.0. The van der Waals surface area contributed by atoms with Gasteiger partial charge in [-0.25, -0.2) is 0 Å². The number of carbonyl (C=O) groups excluding carboxylic acids is 4. The van der Waals surface area contributed by atoms with Crippen molar-refractivity contribution in [1.82, 2.24) is 0 Å². The first-order chi connectivity index (χ1) is 27.6. The minimum absolute atomic E-state index is 0.0143. The quantitative estimate of drug-likeness (QED) is 0.0229. The number of benzene rings is 2. The van der Waals surface area contributed by atoms with Crippen molar-refractivity contribution >= 4 is 88.0 Å². The molecule has 0 aliphatic rings. The Morgan fingerprint density at radius 3 is 1.39 bits per heavy atom. The molecule has 2 aromatic carbocycles. The summed E-state index contributed by atoms with van der Waals surface area (Å²) in [6.07, 6.45) is -8.58. The Morgan fingerprint density at radius 2 is 1.05 bits per heavy atom. The zero-order chi connectivity index (χ0) is 44.5. The highest BCUT2D eigenvalue weighted by Gasteiger charge is 2.34. The first-order valence-corrected chi connectivity index (χ1v) is 19.0. The molecule has 16 N–H and O–H groups in total. The van der Waals surface area contributed by atoms with Gasteiger partial charge in [-0.3, -0.25) is 34.2 Å². The molecule has 0 unspecified atom stereocenters. The maximum atomic E-state index is 14.1. The van der Waals surface area contributed by atoms with E-state index in [1.54, 1.807) is 0 Å². The molecule has 0 atom stereocenters. The molecule has 0 radical (unpaired) electrons. The molecule has 17 nitrogen and oxygen atoms in total. The minimum atomic E-state index is -4.96. The van der Waals surface area contributed by atoms with E-state index in [-0.39, 0.29) is 83.6 Å². The Hall–Kier alpha value is -5.79. The van der Waals surface area contributed by atoms with Crippen LogP contribution in [0, 0.1) is 0 Å². The van der Waals surface area contributed by atoms with Crippen molar-refractivity contribution in [3.05, 3.63) is 59.3 Å². The van der Waals surface area contributed by atoms with E-state index in [1.165, 1.54) is 6.92 Å². The van der Waals surface area contributed by atoms with E-state index < -0.39 is 69.8 Å². The predicted octanol–water partition coefficient (Wildman–Crippen LogP) is 3.14. The first kappa shape index (κ1) is 49.4. The van der Waals surface area contributed by atoms with Gasteiger partial charge in [0.1, 0.15) is 5.70 Å². The molecule has 0 aliphatic carbocycles. The third-order valence-corrected chi connectivity index (χ3v) is 9.31. The van der Waals surface area contributed by atoms with Crippen LogP contribution in [0.25, 0.3) is 0 Å². The molecule has 0 fully saturated rings. The number of carbonyl (C=O) groups is 4. The van der Waals surface area contributed by atoms with Gasteiger partial charge in [0.25, 0.3) is 11.8 Å². The molecule has 2 aromatic rings. The molecular weight excluding hydrogens is 833 g/mol. The lowest BCUT2D eigenvalue weighted by atomic mass is 10.1. The number of hydrogen-bond acceptors (Lipinski definition) is 11. The highest BCUT2D eigenvalue weighted by Crippen LogP contribution is 2.43. The second-order valence-corrected chi connectivity index (χ2v) is 13.8. The third-order valence-electron chi connectivity index (χ3n) is 6.98. The van der Waals surface area contributed by atoms with Crippen LogP contribution in [0.2, 0.25) is 0 Å². The van der Waals surface area contributed by atoms with Crippen LogP contribution in [-0.2, 0) is 31.5 Å².